The molecule has 32 heavy (non-hydrogen) atoms. The number of aromatic amines is 2. The molecule has 0 bridgehead atoms. The molecule has 2 saturated heterocycles. The molecule has 0 aromatic carbocycles. The van der Waals surface area contributed by atoms with E-state index in [1.807, 2.05) is 9.80 Å². The van der Waals surface area contributed by atoms with Crippen LogP contribution >= 0.6 is 0 Å². The Kier molecular flexibility index (Phi) is 6.18. The van der Waals surface area contributed by atoms with Crippen molar-refractivity contribution in [1.82, 2.24) is 40.2 Å². The highest BCUT2D eigenvalue weighted by atomic mass is 16.2. The predicted octanol–water partition coefficient (Wildman–Crippen LogP) is 1.84. The zero-order valence-corrected chi connectivity index (χ0v) is 18.4. The molecule has 1 aliphatic carbocycles. The van der Waals surface area contributed by atoms with E-state index in [1.165, 1.54) is 12.7 Å². The summed E-state index contributed by atoms with van der Waals surface area (Å²) in [5.41, 5.74) is 0. The average molecular weight is 441 g/mol. The minimum absolute atomic E-state index is 0.149. The second-order valence-electron chi connectivity index (χ2n) is 9.49. The first-order valence-corrected chi connectivity index (χ1v) is 12.0. The molecule has 2 aromatic rings. The minimum Gasteiger partial charge on any atom is -0.342 e. The van der Waals surface area contributed by atoms with Crippen molar-refractivity contribution in [2.75, 3.05) is 26.2 Å². The maximum absolute atomic E-state index is 13.6. The van der Waals surface area contributed by atoms with Crippen molar-refractivity contribution in [2.45, 2.75) is 63.2 Å². The molecule has 2 unspecified atom stereocenters. The number of carbonyl (C=O) groups is 2. The van der Waals surface area contributed by atoms with Gasteiger partial charge >= 0.3 is 0 Å². The molecule has 10 heteroatoms. The molecule has 4 atom stereocenters. The highest BCUT2D eigenvalue weighted by Gasteiger charge is 2.41. The number of amides is 2. The van der Waals surface area contributed by atoms with Crippen LogP contribution < -0.4 is 0 Å². The SMILES string of the molecule is O=C([C@@H]1CCCC[C@H]1C(=O)N1CCCC(c2ncn[nH]2)C1)N1CCCC(c2ncn[nH]2)C1. The molecule has 4 heterocycles. The number of H-pyrrole nitrogens is 2. The molecule has 1 saturated carbocycles. The van der Waals surface area contributed by atoms with Crippen LogP contribution in [0.25, 0.3) is 0 Å². The van der Waals surface area contributed by atoms with Gasteiger partial charge in [0.15, 0.2) is 0 Å². The van der Waals surface area contributed by atoms with Crippen LogP contribution in [0.1, 0.15) is 74.9 Å². The number of rotatable bonds is 4. The lowest BCUT2D eigenvalue weighted by Crippen LogP contribution is -2.50. The molecule has 5 rings (SSSR count). The third-order valence-corrected chi connectivity index (χ3v) is 7.51. The lowest BCUT2D eigenvalue weighted by molar-refractivity contribution is -0.149. The lowest BCUT2D eigenvalue weighted by atomic mass is 9.76. The molecular weight excluding hydrogens is 408 g/mol. The van der Waals surface area contributed by atoms with Crippen molar-refractivity contribution in [3.63, 3.8) is 0 Å². The van der Waals surface area contributed by atoms with Gasteiger partial charge in [-0.15, -0.1) is 0 Å². The van der Waals surface area contributed by atoms with Crippen molar-refractivity contribution in [3.8, 4) is 0 Å². The fourth-order valence-corrected chi connectivity index (χ4v) is 5.82. The van der Waals surface area contributed by atoms with E-state index in [-0.39, 0.29) is 35.5 Å². The van der Waals surface area contributed by atoms with Gasteiger partial charge < -0.3 is 9.80 Å². The van der Waals surface area contributed by atoms with Crippen LogP contribution in [-0.4, -0.2) is 78.2 Å². The summed E-state index contributed by atoms with van der Waals surface area (Å²) < 4.78 is 0. The molecular formula is C22H32N8O2. The second-order valence-corrected chi connectivity index (χ2v) is 9.49. The Morgan fingerprint density at radius 3 is 1.59 bits per heavy atom. The lowest BCUT2D eigenvalue weighted by Gasteiger charge is -2.40. The number of hydrogen-bond donors (Lipinski definition) is 2. The minimum atomic E-state index is -0.213. The van der Waals surface area contributed by atoms with Crippen LogP contribution in [0.3, 0.4) is 0 Å². The summed E-state index contributed by atoms with van der Waals surface area (Å²) in [6, 6.07) is 0. The average Bonchev–Trinajstić information content (AvgIpc) is 3.58. The van der Waals surface area contributed by atoms with E-state index < -0.39 is 0 Å². The summed E-state index contributed by atoms with van der Waals surface area (Å²) in [7, 11) is 0. The highest BCUT2D eigenvalue weighted by molar-refractivity contribution is 5.88. The fraction of sp³-hybridized carbons (Fsp3) is 0.727. The van der Waals surface area contributed by atoms with Crippen LogP contribution in [0, 0.1) is 11.8 Å². The Labute approximate surface area is 187 Å². The summed E-state index contributed by atoms with van der Waals surface area (Å²) >= 11 is 0. The van der Waals surface area contributed by atoms with Gasteiger partial charge in [-0.3, -0.25) is 19.8 Å². The van der Waals surface area contributed by atoms with Gasteiger partial charge in [0.25, 0.3) is 0 Å². The number of nitrogens with zero attached hydrogens (tertiary/aromatic N) is 6. The maximum Gasteiger partial charge on any atom is 0.226 e. The topological polar surface area (TPSA) is 124 Å². The summed E-state index contributed by atoms with van der Waals surface area (Å²) in [6.07, 6.45) is 10.6. The van der Waals surface area contributed by atoms with Gasteiger partial charge in [-0.1, -0.05) is 12.8 Å². The summed E-state index contributed by atoms with van der Waals surface area (Å²) in [5, 5.41) is 13.9. The smallest absolute Gasteiger partial charge is 0.226 e. The monoisotopic (exact) mass is 440 g/mol. The molecule has 0 radical (unpaired) electrons. The number of aromatic nitrogens is 6. The van der Waals surface area contributed by atoms with Gasteiger partial charge in [0.2, 0.25) is 11.8 Å². The van der Waals surface area contributed by atoms with Gasteiger partial charge in [-0.05, 0) is 38.5 Å². The van der Waals surface area contributed by atoms with Crippen LogP contribution in [0.5, 0.6) is 0 Å². The van der Waals surface area contributed by atoms with Crippen LogP contribution in [0.2, 0.25) is 0 Å². The van der Waals surface area contributed by atoms with Crippen LogP contribution in [0.4, 0.5) is 0 Å². The van der Waals surface area contributed by atoms with E-state index >= 15 is 0 Å². The number of hydrogen-bond acceptors (Lipinski definition) is 6. The van der Waals surface area contributed by atoms with Crippen molar-refractivity contribution in [1.29, 1.82) is 0 Å². The van der Waals surface area contributed by atoms with Crippen molar-refractivity contribution in [3.05, 3.63) is 24.3 Å². The van der Waals surface area contributed by atoms with Gasteiger partial charge in [-0.2, -0.15) is 10.2 Å². The van der Waals surface area contributed by atoms with Crippen molar-refractivity contribution < 1.29 is 9.59 Å². The van der Waals surface area contributed by atoms with Gasteiger partial charge in [0, 0.05) is 49.9 Å². The zero-order chi connectivity index (χ0) is 21.9. The Morgan fingerprint density at radius 1 is 0.719 bits per heavy atom. The molecule has 10 nitrogen and oxygen atoms in total. The van der Waals surface area contributed by atoms with E-state index in [0.717, 1.165) is 76.1 Å². The standard InChI is InChI=1S/C22H32N8O2/c31-21(29-9-3-5-15(11-29)19-23-13-25-27-19)17-7-1-2-8-18(17)22(32)30-10-4-6-16(12-30)20-24-14-26-28-20/h13-18H,1-12H2,(H,23,25,27)(H,24,26,28)/t15?,16?,17-,18-/m1/s1. The van der Waals surface area contributed by atoms with E-state index in [0.29, 0.717) is 13.1 Å². The maximum atomic E-state index is 13.6. The molecule has 2 aliphatic heterocycles. The van der Waals surface area contributed by atoms with Crippen LogP contribution in [-0.2, 0) is 9.59 Å². The van der Waals surface area contributed by atoms with E-state index in [1.54, 1.807) is 0 Å². The Balaban J connectivity index is 1.27. The number of likely N-dealkylation sites (tertiary alicyclic amines) is 2. The first-order valence-electron chi connectivity index (χ1n) is 12.0. The van der Waals surface area contributed by atoms with Crippen LogP contribution in [0.15, 0.2) is 12.7 Å². The molecule has 2 N–H and O–H groups in total. The molecule has 0 spiro atoms. The van der Waals surface area contributed by atoms with Gasteiger partial charge in [-0.25, -0.2) is 9.97 Å². The number of nitrogens with one attached hydrogen (secondary N) is 2. The third-order valence-electron chi connectivity index (χ3n) is 7.51. The molecule has 172 valence electrons. The van der Waals surface area contributed by atoms with E-state index in [9.17, 15) is 9.59 Å². The molecule has 3 aliphatic rings. The van der Waals surface area contributed by atoms with Gasteiger partial charge in [0.05, 0.1) is 0 Å². The number of carbonyl (C=O) groups excluding carboxylic acids is 2. The van der Waals surface area contributed by atoms with Gasteiger partial charge in [0.1, 0.15) is 24.3 Å². The largest absolute Gasteiger partial charge is 0.342 e. The predicted molar refractivity (Wildman–Crippen MR) is 115 cm³/mol. The van der Waals surface area contributed by atoms with Crippen molar-refractivity contribution >= 4 is 11.8 Å². The van der Waals surface area contributed by atoms with E-state index in [4.69, 9.17) is 0 Å². The molecule has 3 fully saturated rings. The first-order chi connectivity index (χ1) is 15.7. The Hall–Kier alpha value is -2.78. The molecule has 2 amide bonds. The second kappa shape index (κ2) is 9.38. The molecule has 2 aromatic heterocycles. The Morgan fingerprint density at radius 2 is 1.19 bits per heavy atom. The Bertz CT molecular complexity index is 825. The highest BCUT2D eigenvalue weighted by Crippen LogP contribution is 2.36. The fourth-order valence-electron chi connectivity index (χ4n) is 5.82. The van der Waals surface area contributed by atoms with Crippen molar-refractivity contribution in [2.24, 2.45) is 11.8 Å². The first kappa shape index (κ1) is 21.1. The summed E-state index contributed by atoms with van der Waals surface area (Å²) in [5.74, 6) is 1.96. The summed E-state index contributed by atoms with van der Waals surface area (Å²) in [4.78, 5) is 39.8. The number of piperidine rings is 2. The zero-order valence-electron chi connectivity index (χ0n) is 18.4. The van der Waals surface area contributed by atoms with E-state index in [2.05, 4.69) is 30.4 Å². The summed E-state index contributed by atoms with van der Waals surface area (Å²) in [6.45, 7) is 2.84. The quantitative estimate of drug-likeness (QED) is 0.748. The third kappa shape index (κ3) is 4.27. The normalized spacial score (nSPS) is 29.1.